The van der Waals surface area contributed by atoms with Gasteiger partial charge in [0, 0.05) is 40.8 Å². The molecule has 6 nitrogen and oxygen atoms in total. The highest BCUT2D eigenvalue weighted by atomic mass is 16.4. The van der Waals surface area contributed by atoms with Crippen molar-refractivity contribution in [1.82, 2.24) is 4.98 Å². The zero-order chi connectivity index (χ0) is 21.5. The maximum atomic E-state index is 9.10. The number of benzene rings is 2. The first-order chi connectivity index (χ1) is 14.5. The molecule has 152 valence electrons. The van der Waals surface area contributed by atoms with Crippen molar-refractivity contribution in [2.24, 2.45) is 0 Å². The maximum absolute atomic E-state index is 9.10. The summed E-state index contributed by atoms with van der Waals surface area (Å²) >= 11 is 0. The number of carboxylic acid groups (broad SMARTS) is 2. The van der Waals surface area contributed by atoms with Gasteiger partial charge in [-0.05, 0) is 31.5 Å². The standard InChI is InChI=1S/C22H20N2.C2H2O4/c1-17-22(20-9-5-6-10-21(20)23-17)24-15-13-19(14-16-24)12-11-18-7-3-2-4-8-18;3-1(4)2(5)6/h2-10,13,23H,14-16H2,1H3;(H,3,4)(H,5,6). The number of aromatic nitrogens is 1. The van der Waals surface area contributed by atoms with Crippen LogP contribution in [0.1, 0.15) is 17.7 Å². The molecule has 0 saturated heterocycles. The van der Waals surface area contributed by atoms with Gasteiger partial charge in [0.05, 0.1) is 5.69 Å². The number of fused-ring (bicyclic) bond motifs is 1. The second kappa shape index (κ2) is 9.48. The Morgan fingerprint density at radius 2 is 1.63 bits per heavy atom. The van der Waals surface area contributed by atoms with Crippen molar-refractivity contribution < 1.29 is 19.8 Å². The number of carboxylic acids is 2. The molecule has 1 aromatic heterocycles. The van der Waals surface area contributed by atoms with Crippen LogP contribution in [-0.2, 0) is 9.59 Å². The molecule has 0 saturated carbocycles. The Morgan fingerprint density at radius 3 is 2.27 bits per heavy atom. The zero-order valence-electron chi connectivity index (χ0n) is 16.6. The number of aromatic amines is 1. The third kappa shape index (κ3) is 5.09. The average molecular weight is 402 g/mol. The molecule has 3 aromatic rings. The summed E-state index contributed by atoms with van der Waals surface area (Å²) in [6.45, 7) is 4.09. The molecule has 0 bridgehead atoms. The predicted molar refractivity (Wildman–Crippen MR) is 117 cm³/mol. The highest BCUT2D eigenvalue weighted by Crippen LogP contribution is 2.32. The Hall–Kier alpha value is -3.98. The molecule has 6 heteroatoms. The molecule has 0 amide bonds. The quantitative estimate of drug-likeness (QED) is 0.425. The Labute approximate surface area is 174 Å². The van der Waals surface area contributed by atoms with Crippen molar-refractivity contribution in [3.63, 3.8) is 0 Å². The molecule has 0 spiro atoms. The number of rotatable bonds is 1. The first kappa shape index (κ1) is 20.7. The van der Waals surface area contributed by atoms with Crippen molar-refractivity contribution in [1.29, 1.82) is 0 Å². The summed E-state index contributed by atoms with van der Waals surface area (Å²) in [5.74, 6) is 2.95. The van der Waals surface area contributed by atoms with Crippen LogP contribution in [0.15, 0.2) is 66.2 Å². The van der Waals surface area contributed by atoms with Crippen LogP contribution < -0.4 is 4.90 Å². The van der Waals surface area contributed by atoms with Crippen molar-refractivity contribution in [3.05, 3.63) is 77.5 Å². The van der Waals surface area contributed by atoms with E-state index in [-0.39, 0.29) is 0 Å². The third-order valence-corrected chi connectivity index (χ3v) is 4.71. The van der Waals surface area contributed by atoms with Gasteiger partial charge >= 0.3 is 11.9 Å². The molecular formula is C24H22N2O4. The third-order valence-electron chi connectivity index (χ3n) is 4.71. The molecular weight excluding hydrogens is 380 g/mol. The minimum Gasteiger partial charge on any atom is -0.473 e. The number of carbonyl (C=O) groups is 2. The fourth-order valence-corrected chi connectivity index (χ4v) is 3.33. The van der Waals surface area contributed by atoms with Gasteiger partial charge in [0.1, 0.15) is 0 Å². The normalized spacial score (nSPS) is 12.8. The van der Waals surface area contributed by atoms with Crippen molar-refractivity contribution in [2.45, 2.75) is 13.3 Å². The molecule has 1 aliphatic heterocycles. The van der Waals surface area contributed by atoms with Gasteiger partial charge in [0.25, 0.3) is 0 Å². The van der Waals surface area contributed by atoms with Gasteiger partial charge in [-0.15, -0.1) is 0 Å². The van der Waals surface area contributed by atoms with E-state index in [1.165, 1.54) is 27.9 Å². The van der Waals surface area contributed by atoms with Crippen molar-refractivity contribution in [3.8, 4) is 11.8 Å². The zero-order valence-corrected chi connectivity index (χ0v) is 16.6. The average Bonchev–Trinajstić information content (AvgIpc) is 3.09. The highest BCUT2D eigenvalue weighted by molar-refractivity contribution is 6.27. The van der Waals surface area contributed by atoms with E-state index in [4.69, 9.17) is 19.8 Å². The largest absolute Gasteiger partial charge is 0.473 e. The lowest BCUT2D eigenvalue weighted by Crippen LogP contribution is -2.28. The highest BCUT2D eigenvalue weighted by Gasteiger charge is 2.17. The predicted octanol–water partition coefficient (Wildman–Crippen LogP) is 3.82. The molecule has 4 rings (SSSR count). The van der Waals surface area contributed by atoms with E-state index in [1.54, 1.807) is 0 Å². The molecule has 2 aromatic carbocycles. The molecule has 1 aliphatic rings. The van der Waals surface area contributed by atoms with E-state index in [0.717, 1.165) is 25.1 Å². The summed E-state index contributed by atoms with van der Waals surface area (Å²) in [6, 6.07) is 18.7. The van der Waals surface area contributed by atoms with Gasteiger partial charge in [-0.1, -0.05) is 54.3 Å². The lowest BCUT2D eigenvalue weighted by molar-refractivity contribution is -0.159. The molecule has 0 unspecified atom stereocenters. The second-order valence-electron chi connectivity index (χ2n) is 6.80. The van der Waals surface area contributed by atoms with Gasteiger partial charge < -0.3 is 20.1 Å². The van der Waals surface area contributed by atoms with Crippen LogP contribution in [0.5, 0.6) is 0 Å². The monoisotopic (exact) mass is 402 g/mol. The number of para-hydroxylation sites is 1. The second-order valence-corrected chi connectivity index (χ2v) is 6.80. The number of aryl methyl sites for hydroxylation is 1. The van der Waals surface area contributed by atoms with Crippen LogP contribution in [0.25, 0.3) is 10.9 Å². The SMILES string of the molecule is Cc1[nH]c2ccccc2c1N1CC=C(C#Cc2ccccc2)CC1.O=C(O)C(=O)O. The number of aliphatic carboxylic acids is 2. The van der Waals surface area contributed by atoms with Crippen LogP contribution in [0, 0.1) is 18.8 Å². The number of H-pyrrole nitrogens is 1. The summed E-state index contributed by atoms with van der Waals surface area (Å²) in [6.07, 6.45) is 3.26. The number of nitrogens with one attached hydrogen (secondary N) is 1. The molecule has 2 heterocycles. The summed E-state index contributed by atoms with van der Waals surface area (Å²) in [5, 5.41) is 16.1. The lowest BCUT2D eigenvalue weighted by atomic mass is 10.1. The smallest absolute Gasteiger partial charge is 0.414 e. The Bertz CT molecular complexity index is 1140. The Kier molecular flexibility index (Phi) is 6.56. The summed E-state index contributed by atoms with van der Waals surface area (Å²) < 4.78 is 0. The van der Waals surface area contributed by atoms with Gasteiger partial charge in [0.2, 0.25) is 0 Å². The van der Waals surface area contributed by atoms with E-state index in [2.05, 4.69) is 71.1 Å². The van der Waals surface area contributed by atoms with Crippen LogP contribution in [0.4, 0.5) is 5.69 Å². The minimum absolute atomic E-state index is 0.918. The summed E-state index contributed by atoms with van der Waals surface area (Å²) in [4.78, 5) is 24.1. The number of hydrogen-bond acceptors (Lipinski definition) is 3. The van der Waals surface area contributed by atoms with Crippen LogP contribution >= 0.6 is 0 Å². The van der Waals surface area contributed by atoms with Gasteiger partial charge in [-0.25, -0.2) is 9.59 Å². The van der Waals surface area contributed by atoms with E-state index in [0.29, 0.717) is 0 Å². The number of hydrogen-bond donors (Lipinski definition) is 3. The van der Waals surface area contributed by atoms with Gasteiger partial charge in [-0.2, -0.15) is 0 Å². The van der Waals surface area contributed by atoms with Gasteiger partial charge in [-0.3, -0.25) is 0 Å². The van der Waals surface area contributed by atoms with Crippen LogP contribution in [0.2, 0.25) is 0 Å². The minimum atomic E-state index is -1.82. The molecule has 0 radical (unpaired) electrons. The van der Waals surface area contributed by atoms with E-state index in [1.807, 2.05) is 18.2 Å². The van der Waals surface area contributed by atoms with Crippen molar-refractivity contribution >= 4 is 28.5 Å². The van der Waals surface area contributed by atoms with Crippen LogP contribution in [-0.4, -0.2) is 40.2 Å². The van der Waals surface area contributed by atoms with Crippen LogP contribution in [0.3, 0.4) is 0 Å². The van der Waals surface area contributed by atoms with Gasteiger partial charge in [0.15, 0.2) is 0 Å². The Balaban J connectivity index is 0.000000377. The summed E-state index contributed by atoms with van der Waals surface area (Å²) in [5.41, 5.74) is 6.10. The Morgan fingerprint density at radius 1 is 0.967 bits per heavy atom. The fourth-order valence-electron chi connectivity index (χ4n) is 3.33. The molecule has 0 atom stereocenters. The first-order valence-electron chi connectivity index (χ1n) is 9.50. The number of nitrogens with zero attached hydrogens (tertiary/aromatic N) is 1. The molecule has 0 fully saturated rings. The molecule has 0 aliphatic carbocycles. The topological polar surface area (TPSA) is 93.6 Å². The van der Waals surface area contributed by atoms with E-state index < -0.39 is 11.9 Å². The molecule has 30 heavy (non-hydrogen) atoms. The summed E-state index contributed by atoms with van der Waals surface area (Å²) in [7, 11) is 0. The lowest BCUT2D eigenvalue weighted by Gasteiger charge is -2.27. The van der Waals surface area contributed by atoms with E-state index in [9.17, 15) is 0 Å². The van der Waals surface area contributed by atoms with E-state index >= 15 is 0 Å². The number of anilines is 1. The molecule has 3 N–H and O–H groups in total. The fraction of sp³-hybridized carbons (Fsp3) is 0.167. The van der Waals surface area contributed by atoms with Crippen molar-refractivity contribution in [2.75, 3.05) is 18.0 Å². The first-order valence-corrected chi connectivity index (χ1v) is 9.50. The maximum Gasteiger partial charge on any atom is 0.414 e.